The molecule has 0 bridgehead atoms. The molecule has 1 amide bonds. The SMILES string of the molecule is CCN(CC)C(=O)C1=C(C)N=c2s/c(=C/c3c(C)n(Cc4ccccc4Cl)c4ccccc34)c(=O)n2[C@@H]1c1ccccc1OC. The van der Waals surface area contributed by atoms with E-state index in [0.29, 0.717) is 51.0 Å². The highest BCUT2D eigenvalue weighted by Gasteiger charge is 2.35. The number of fused-ring (bicyclic) bond motifs is 2. The van der Waals surface area contributed by atoms with E-state index in [1.165, 1.54) is 11.3 Å². The third-order valence-electron chi connectivity index (χ3n) is 8.58. The van der Waals surface area contributed by atoms with Gasteiger partial charge >= 0.3 is 0 Å². The Labute approximate surface area is 271 Å². The predicted molar refractivity (Wildman–Crippen MR) is 182 cm³/mol. The number of halogens is 1. The van der Waals surface area contributed by atoms with Gasteiger partial charge in [0.05, 0.1) is 22.9 Å². The van der Waals surface area contributed by atoms with Crippen molar-refractivity contribution >= 4 is 45.8 Å². The summed E-state index contributed by atoms with van der Waals surface area (Å²) in [5.41, 5.74) is 5.69. The summed E-state index contributed by atoms with van der Waals surface area (Å²) in [6.45, 7) is 9.53. The van der Waals surface area contributed by atoms with Crippen LogP contribution in [0.4, 0.5) is 0 Å². The fourth-order valence-electron chi connectivity index (χ4n) is 6.23. The van der Waals surface area contributed by atoms with Gasteiger partial charge in [0.1, 0.15) is 11.8 Å². The van der Waals surface area contributed by atoms with Gasteiger partial charge in [0.25, 0.3) is 11.5 Å². The van der Waals surface area contributed by atoms with Crippen molar-refractivity contribution in [2.45, 2.75) is 40.3 Å². The summed E-state index contributed by atoms with van der Waals surface area (Å²) < 4.78 is 10.2. The number of methoxy groups -OCH3 is 1. The quantitative estimate of drug-likeness (QED) is 0.207. The average molecular weight is 639 g/mol. The molecular formula is C36H35ClN4O3S. The first-order valence-electron chi connectivity index (χ1n) is 15.0. The normalized spacial score (nSPS) is 14.9. The van der Waals surface area contributed by atoms with Crippen molar-refractivity contribution in [1.82, 2.24) is 14.0 Å². The second-order valence-corrected chi connectivity index (χ2v) is 12.4. The van der Waals surface area contributed by atoms with Gasteiger partial charge in [-0.25, -0.2) is 4.99 Å². The number of hydrogen-bond acceptors (Lipinski definition) is 5. The van der Waals surface area contributed by atoms with Crippen LogP contribution in [-0.4, -0.2) is 40.1 Å². The molecule has 2 aromatic heterocycles. The molecule has 1 aliphatic heterocycles. The number of carbonyl (C=O) groups excluding carboxylic acids is 1. The Kier molecular flexibility index (Phi) is 8.53. The van der Waals surface area contributed by atoms with Gasteiger partial charge < -0.3 is 14.2 Å². The van der Waals surface area contributed by atoms with Crippen LogP contribution in [0.2, 0.25) is 5.02 Å². The zero-order chi connectivity index (χ0) is 31.8. The topological polar surface area (TPSA) is 68.8 Å². The molecule has 0 spiro atoms. The lowest BCUT2D eigenvalue weighted by Gasteiger charge is -2.29. The molecule has 5 aromatic rings. The van der Waals surface area contributed by atoms with Crippen molar-refractivity contribution < 1.29 is 9.53 Å². The zero-order valence-electron chi connectivity index (χ0n) is 26.0. The molecule has 1 atom stereocenters. The van der Waals surface area contributed by atoms with Gasteiger partial charge in [0.15, 0.2) is 4.80 Å². The molecule has 1 aliphatic rings. The number of carbonyl (C=O) groups is 1. The van der Waals surface area contributed by atoms with Crippen LogP contribution in [0, 0.1) is 6.92 Å². The van der Waals surface area contributed by atoms with E-state index >= 15 is 0 Å². The molecule has 0 radical (unpaired) electrons. The van der Waals surface area contributed by atoms with Crippen molar-refractivity contribution in [2.24, 2.45) is 4.99 Å². The molecule has 9 heteroatoms. The third-order valence-corrected chi connectivity index (χ3v) is 9.93. The largest absolute Gasteiger partial charge is 0.496 e. The fourth-order valence-corrected chi connectivity index (χ4v) is 7.46. The Morgan fingerprint density at radius 3 is 2.44 bits per heavy atom. The number of allylic oxidation sites excluding steroid dienone is 1. The number of likely N-dealkylation sites (N-methyl/N-ethyl adjacent to an activating group) is 1. The molecule has 0 unspecified atom stereocenters. The monoisotopic (exact) mass is 638 g/mol. The van der Waals surface area contributed by atoms with Crippen molar-refractivity contribution in [2.75, 3.05) is 20.2 Å². The van der Waals surface area contributed by atoms with Crippen LogP contribution in [0.15, 0.2) is 93.9 Å². The van der Waals surface area contributed by atoms with E-state index in [1.807, 2.05) is 87.5 Å². The average Bonchev–Trinajstić information content (AvgIpc) is 3.50. The van der Waals surface area contributed by atoms with Crippen molar-refractivity contribution in [3.8, 4) is 5.75 Å². The van der Waals surface area contributed by atoms with E-state index in [-0.39, 0.29) is 11.5 Å². The number of nitrogens with zero attached hydrogens (tertiary/aromatic N) is 4. The maximum absolute atomic E-state index is 14.4. The first-order valence-corrected chi connectivity index (χ1v) is 16.2. The van der Waals surface area contributed by atoms with Crippen LogP contribution in [0.5, 0.6) is 5.75 Å². The molecule has 6 rings (SSSR count). The van der Waals surface area contributed by atoms with Crippen LogP contribution >= 0.6 is 22.9 Å². The van der Waals surface area contributed by atoms with Crippen LogP contribution in [0.3, 0.4) is 0 Å². The van der Waals surface area contributed by atoms with Gasteiger partial charge in [-0.2, -0.15) is 0 Å². The zero-order valence-corrected chi connectivity index (χ0v) is 27.6. The third kappa shape index (κ3) is 5.32. The number of thiazole rings is 1. The molecule has 0 fully saturated rings. The van der Waals surface area contributed by atoms with E-state index in [0.717, 1.165) is 33.3 Å². The Morgan fingerprint density at radius 2 is 1.71 bits per heavy atom. The molecule has 7 nitrogen and oxygen atoms in total. The molecular weight excluding hydrogens is 604 g/mol. The summed E-state index contributed by atoms with van der Waals surface area (Å²) in [5.74, 6) is 0.472. The smallest absolute Gasteiger partial charge is 0.271 e. The first kappa shape index (κ1) is 30.6. The number of hydrogen-bond donors (Lipinski definition) is 0. The molecule has 0 saturated heterocycles. The minimum Gasteiger partial charge on any atom is -0.496 e. The van der Waals surface area contributed by atoms with Crippen LogP contribution in [-0.2, 0) is 11.3 Å². The minimum atomic E-state index is -0.685. The first-order chi connectivity index (χ1) is 21.8. The standard InChI is InChI=1S/C36H35ClN4O3S/c1-6-39(7-2)35(43)32-22(3)38-36-41(33(32)26-16-10-13-19-30(26)44-5)34(42)31(45-36)20-27-23(4)40(29-18-12-9-15-25(27)29)21-24-14-8-11-17-28(24)37/h8-20,33H,6-7,21H2,1-5H3/b31-20+/t33-/m1/s1. The highest BCUT2D eigenvalue weighted by molar-refractivity contribution is 7.07. The van der Waals surface area contributed by atoms with Crippen molar-refractivity contribution in [3.05, 3.63) is 131 Å². The second kappa shape index (κ2) is 12.5. The molecule has 0 saturated carbocycles. The molecule has 45 heavy (non-hydrogen) atoms. The summed E-state index contributed by atoms with van der Waals surface area (Å²) in [4.78, 5) is 35.6. The van der Waals surface area contributed by atoms with Gasteiger partial charge in [0.2, 0.25) is 0 Å². The number of para-hydroxylation sites is 2. The van der Waals surface area contributed by atoms with Gasteiger partial charge in [-0.05, 0) is 57.5 Å². The highest BCUT2D eigenvalue weighted by Crippen LogP contribution is 2.36. The van der Waals surface area contributed by atoms with Crippen molar-refractivity contribution in [3.63, 3.8) is 0 Å². The second-order valence-electron chi connectivity index (χ2n) is 11.0. The molecule has 0 aliphatic carbocycles. The molecule has 3 heterocycles. The minimum absolute atomic E-state index is 0.134. The van der Waals surface area contributed by atoms with E-state index in [9.17, 15) is 9.59 Å². The molecule has 3 aromatic carbocycles. The van der Waals surface area contributed by atoms with Gasteiger partial charge in [0, 0.05) is 52.4 Å². The van der Waals surface area contributed by atoms with Gasteiger partial charge in [-0.15, -0.1) is 0 Å². The van der Waals surface area contributed by atoms with Crippen molar-refractivity contribution in [1.29, 1.82) is 0 Å². The van der Waals surface area contributed by atoms with E-state index in [2.05, 4.69) is 23.6 Å². The predicted octanol–water partition coefficient (Wildman–Crippen LogP) is 6.08. The fraction of sp³-hybridized carbons (Fsp3) is 0.250. The Balaban J connectivity index is 1.57. The van der Waals surface area contributed by atoms with E-state index in [4.69, 9.17) is 21.3 Å². The van der Waals surface area contributed by atoms with Gasteiger partial charge in [-0.1, -0.05) is 77.5 Å². The summed E-state index contributed by atoms with van der Waals surface area (Å²) >= 11 is 7.89. The van der Waals surface area contributed by atoms with E-state index in [1.54, 1.807) is 16.6 Å². The number of ether oxygens (including phenoxy) is 1. The lowest BCUT2D eigenvalue weighted by atomic mass is 9.94. The van der Waals surface area contributed by atoms with E-state index < -0.39 is 6.04 Å². The lowest BCUT2D eigenvalue weighted by molar-refractivity contribution is -0.127. The number of benzene rings is 3. The maximum atomic E-state index is 14.4. The Hall–Kier alpha value is -4.40. The van der Waals surface area contributed by atoms with Crippen LogP contribution in [0.25, 0.3) is 17.0 Å². The lowest BCUT2D eigenvalue weighted by Crippen LogP contribution is -2.43. The summed E-state index contributed by atoms with van der Waals surface area (Å²) in [7, 11) is 1.60. The number of aromatic nitrogens is 2. The van der Waals surface area contributed by atoms with Gasteiger partial charge in [-0.3, -0.25) is 14.2 Å². The number of rotatable bonds is 8. The maximum Gasteiger partial charge on any atom is 0.271 e. The summed E-state index contributed by atoms with van der Waals surface area (Å²) in [6.07, 6.45) is 1.97. The summed E-state index contributed by atoms with van der Waals surface area (Å²) in [6, 6.07) is 22.9. The Bertz CT molecular complexity index is 2150. The highest BCUT2D eigenvalue weighted by atomic mass is 35.5. The van der Waals surface area contributed by atoms with Crippen LogP contribution < -0.4 is 19.6 Å². The number of amides is 1. The molecule has 0 N–H and O–H groups in total. The van der Waals surface area contributed by atoms with Crippen LogP contribution in [0.1, 0.15) is 49.2 Å². The Morgan fingerprint density at radius 1 is 1.02 bits per heavy atom. The molecule has 230 valence electrons. The summed E-state index contributed by atoms with van der Waals surface area (Å²) in [5, 5.41) is 1.76.